The van der Waals surface area contributed by atoms with Crippen LogP contribution < -0.4 is 4.90 Å². The summed E-state index contributed by atoms with van der Waals surface area (Å²) in [5, 5.41) is 0. The number of anilines is 1. The second kappa shape index (κ2) is 8.67. The molecule has 1 atom stereocenters. The zero-order valence-corrected chi connectivity index (χ0v) is 18.6. The van der Waals surface area contributed by atoms with Gasteiger partial charge in [-0.05, 0) is 31.2 Å². The molecule has 6 nitrogen and oxygen atoms in total. The number of Topliss-reactive ketones (excluding diaryl/α,β-unsaturated/α-hetero) is 1. The lowest BCUT2D eigenvalue weighted by atomic mass is 10.0. The lowest BCUT2D eigenvalue weighted by molar-refractivity contribution is -0.118. The van der Waals surface area contributed by atoms with Gasteiger partial charge in [0, 0.05) is 50.1 Å². The smallest absolute Gasteiger partial charge is 0.161 e. The number of aromatic nitrogens is 2. The highest BCUT2D eigenvalue weighted by atomic mass is 16.5. The molecular weight excluding hydrogens is 388 g/mol. The van der Waals surface area contributed by atoms with Crippen molar-refractivity contribution < 1.29 is 9.53 Å². The van der Waals surface area contributed by atoms with Gasteiger partial charge in [0.1, 0.15) is 11.6 Å². The standard InChI is InChI=1S/C25H32N4O2/c1-3-21(30)12-18-6-8-20(9-7-18)24-26-23-15-28(13-19-4-5-19)14-22(23)25(27-24)29-10-11-31-16-17(29)2/h6-9,17,19H,3-5,10-16H2,1-2H3/t17-/m0/s1. The number of hydrogen-bond donors (Lipinski definition) is 0. The van der Waals surface area contributed by atoms with Crippen LogP contribution in [0.15, 0.2) is 24.3 Å². The van der Waals surface area contributed by atoms with Crippen LogP contribution in [0.25, 0.3) is 11.4 Å². The summed E-state index contributed by atoms with van der Waals surface area (Å²) >= 11 is 0. The van der Waals surface area contributed by atoms with E-state index in [0.717, 1.165) is 61.5 Å². The molecular formula is C25H32N4O2. The van der Waals surface area contributed by atoms with Crippen LogP contribution in [0.4, 0.5) is 5.82 Å². The van der Waals surface area contributed by atoms with Gasteiger partial charge in [-0.15, -0.1) is 0 Å². The monoisotopic (exact) mass is 420 g/mol. The fourth-order valence-corrected chi connectivity index (χ4v) is 4.63. The minimum absolute atomic E-state index is 0.265. The minimum Gasteiger partial charge on any atom is -0.377 e. The average Bonchev–Trinajstić information content (AvgIpc) is 3.50. The molecule has 31 heavy (non-hydrogen) atoms. The number of nitrogens with zero attached hydrogens (tertiary/aromatic N) is 4. The Kier molecular flexibility index (Phi) is 5.76. The zero-order valence-electron chi connectivity index (χ0n) is 18.6. The number of ether oxygens (including phenoxy) is 1. The summed E-state index contributed by atoms with van der Waals surface area (Å²) in [4.78, 5) is 26.8. The van der Waals surface area contributed by atoms with E-state index in [0.29, 0.717) is 18.9 Å². The van der Waals surface area contributed by atoms with Gasteiger partial charge in [-0.3, -0.25) is 9.69 Å². The van der Waals surface area contributed by atoms with Crippen LogP contribution >= 0.6 is 0 Å². The van der Waals surface area contributed by atoms with Crippen molar-refractivity contribution in [2.45, 2.75) is 58.7 Å². The number of carbonyl (C=O) groups excluding carboxylic acids is 1. The van der Waals surface area contributed by atoms with Gasteiger partial charge in [-0.1, -0.05) is 31.2 Å². The molecule has 0 N–H and O–H groups in total. The van der Waals surface area contributed by atoms with Gasteiger partial charge in [0.25, 0.3) is 0 Å². The van der Waals surface area contributed by atoms with E-state index in [1.165, 1.54) is 30.6 Å². The fourth-order valence-electron chi connectivity index (χ4n) is 4.63. The molecule has 1 aromatic carbocycles. The van der Waals surface area contributed by atoms with E-state index in [4.69, 9.17) is 14.7 Å². The topological polar surface area (TPSA) is 58.6 Å². The summed E-state index contributed by atoms with van der Waals surface area (Å²) in [6.45, 7) is 9.50. The van der Waals surface area contributed by atoms with E-state index in [2.05, 4.69) is 28.9 Å². The SMILES string of the molecule is CCC(=O)Cc1ccc(-c2nc3c(c(N4CCOC[C@@H]4C)n2)CN(CC2CC2)C3)cc1. The molecule has 2 aliphatic heterocycles. The van der Waals surface area contributed by atoms with Crippen LogP contribution in [0.2, 0.25) is 0 Å². The summed E-state index contributed by atoms with van der Waals surface area (Å²) in [7, 11) is 0. The summed E-state index contributed by atoms with van der Waals surface area (Å²) in [5.74, 6) is 3.00. The first-order valence-corrected chi connectivity index (χ1v) is 11.7. The van der Waals surface area contributed by atoms with Crippen molar-refractivity contribution in [2.24, 2.45) is 5.92 Å². The van der Waals surface area contributed by atoms with Gasteiger partial charge >= 0.3 is 0 Å². The number of rotatable bonds is 7. The highest BCUT2D eigenvalue weighted by Crippen LogP contribution is 2.36. The van der Waals surface area contributed by atoms with Crippen LogP contribution in [0, 0.1) is 5.92 Å². The highest BCUT2D eigenvalue weighted by molar-refractivity contribution is 5.80. The van der Waals surface area contributed by atoms with E-state index in [1.807, 2.05) is 19.1 Å². The maximum Gasteiger partial charge on any atom is 0.161 e. The molecule has 1 saturated carbocycles. The maximum atomic E-state index is 11.8. The normalized spacial score (nSPS) is 21.4. The Hall–Kier alpha value is -2.31. The molecule has 6 heteroatoms. The Morgan fingerprint density at radius 2 is 1.97 bits per heavy atom. The molecule has 5 rings (SSSR count). The Morgan fingerprint density at radius 3 is 2.68 bits per heavy atom. The van der Waals surface area contributed by atoms with Gasteiger partial charge in [0.15, 0.2) is 5.82 Å². The van der Waals surface area contributed by atoms with Crippen LogP contribution in [-0.2, 0) is 29.0 Å². The average molecular weight is 421 g/mol. The van der Waals surface area contributed by atoms with Crippen molar-refractivity contribution in [3.05, 3.63) is 41.1 Å². The molecule has 1 saturated heterocycles. The summed E-state index contributed by atoms with van der Waals surface area (Å²) < 4.78 is 5.68. The lowest BCUT2D eigenvalue weighted by Gasteiger charge is -2.35. The van der Waals surface area contributed by atoms with Crippen molar-refractivity contribution in [3.63, 3.8) is 0 Å². The van der Waals surface area contributed by atoms with Crippen LogP contribution in [0.5, 0.6) is 0 Å². The Bertz CT molecular complexity index is 955. The molecule has 1 aliphatic carbocycles. The fraction of sp³-hybridized carbons (Fsp3) is 0.560. The number of carbonyl (C=O) groups is 1. The summed E-state index contributed by atoms with van der Waals surface area (Å²) in [6.07, 6.45) is 3.80. The number of hydrogen-bond acceptors (Lipinski definition) is 6. The van der Waals surface area contributed by atoms with Crippen LogP contribution in [0.3, 0.4) is 0 Å². The molecule has 0 amide bonds. The maximum absolute atomic E-state index is 11.8. The van der Waals surface area contributed by atoms with Crippen LogP contribution in [-0.4, -0.2) is 53.0 Å². The Balaban J connectivity index is 1.47. The van der Waals surface area contributed by atoms with Crippen molar-refractivity contribution in [3.8, 4) is 11.4 Å². The molecule has 3 aliphatic rings. The second-order valence-corrected chi connectivity index (χ2v) is 9.29. The minimum atomic E-state index is 0.265. The van der Waals surface area contributed by atoms with Gasteiger partial charge < -0.3 is 9.64 Å². The number of morpholine rings is 1. The second-order valence-electron chi connectivity index (χ2n) is 9.29. The third-order valence-corrected chi connectivity index (χ3v) is 6.69. The third kappa shape index (κ3) is 4.51. The van der Waals surface area contributed by atoms with E-state index in [1.54, 1.807) is 0 Å². The highest BCUT2D eigenvalue weighted by Gasteiger charge is 2.33. The van der Waals surface area contributed by atoms with Gasteiger partial charge in [0.05, 0.1) is 24.9 Å². The zero-order chi connectivity index (χ0) is 21.4. The summed E-state index contributed by atoms with van der Waals surface area (Å²) in [6, 6.07) is 8.50. The molecule has 3 heterocycles. The summed E-state index contributed by atoms with van der Waals surface area (Å²) in [5.41, 5.74) is 4.53. The molecule has 0 radical (unpaired) electrons. The molecule has 164 valence electrons. The predicted molar refractivity (Wildman–Crippen MR) is 121 cm³/mol. The third-order valence-electron chi connectivity index (χ3n) is 6.69. The van der Waals surface area contributed by atoms with Crippen molar-refractivity contribution in [1.29, 1.82) is 0 Å². The molecule has 0 unspecified atom stereocenters. The molecule has 2 fully saturated rings. The first kappa shape index (κ1) is 20.6. The van der Waals surface area contributed by atoms with Crippen molar-refractivity contribution >= 4 is 11.6 Å². The quantitative estimate of drug-likeness (QED) is 0.682. The molecule has 2 aromatic rings. The predicted octanol–water partition coefficient (Wildman–Crippen LogP) is 3.62. The first-order chi connectivity index (χ1) is 15.1. The number of ketones is 1. The van der Waals surface area contributed by atoms with Crippen molar-refractivity contribution in [1.82, 2.24) is 14.9 Å². The first-order valence-electron chi connectivity index (χ1n) is 11.7. The van der Waals surface area contributed by atoms with E-state index >= 15 is 0 Å². The lowest BCUT2D eigenvalue weighted by Crippen LogP contribution is -2.44. The molecule has 1 aromatic heterocycles. The van der Waals surface area contributed by atoms with E-state index in [9.17, 15) is 4.79 Å². The molecule has 0 spiro atoms. The largest absolute Gasteiger partial charge is 0.377 e. The van der Waals surface area contributed by atoms with Crippen LogP contribution in [0.1, 0.15) is 49.9 Å². The molecule has 0 bridgehead atoms. The van der Waals surface area contributed by atoms with Crippen molar-refractivity contribution in [2.75, 3.05) is 31.2 Å². The Labute approximate surface area is 184 Å². The number of fused-ring (bicyclic) bond motifs is 1. The van der Waals surface area contributed by atoms with E-state index < -0.39 is 0 Å². The Morgan fingerprint density at radius 1 is 1.16 bits per heavy atom. The van der Waals surface area contributed by atoms with Gasteiger partial charge in [-0.2, -0.15) is 0 Å². The van der Waals surface area contributed by atoms with Gasteiger partial charge in [-0.25, -0.2) is 9.97 Å². The number of benzene rings is 1. The van der Waals surface area contributed by atoms with Gasteiger partial charge in [0.2, 0.25) is 0 Å². The van der Waals surface area contributed by atoms with E-state index in [-0.39, 0.29) is 5.78 Å².